The number of aromatic amines is 1. The Morgan fingerprint density at radius 3 is 2.64 bits per heavy atom. The van der Waals surface area contributed by atoms with Crippen LogP contribution in [0.15, 0.2) is 48.5 Å². The molecule has 22 heavy (non-hydrogen) atoms. The van der Waals surface area contributed by atoms with Crippen LogP contribution >= 0.6 is 0 Å². The number of hydrogen-bond donors (Lipinski definition) is 2. The average molecular weight is 295 g/mol. The summed E-state index contributed by atoms with van der Waals surface area (Å²) in [6.45, 7) is 4.30. The minimum Gasteiger partial charge on any atom is -0.377 e. The molecule has 0 aliphatic heterocycles. The van der Waals surface area contributed by atoms with Gasteiger partial charge in [-0.05, 0) is 29.7 Å². The van der Waals surface area contributed by atoms with E-state index in [-0.39, 0.29) is 0 Å². The van der Waals surface area contributed by atoms with Gasteiger partial charge in [0.05, 0.1) is 17.6 Å². The van der Waals surface area contributed by atoms with E-state index in [1.165, 1.54) is 11.1 Å². The normalized spacial score (nSPS) is 11.0. The quantitative estimate of drug-likeness (QED) is 0.645. The second-order valence-corrected chi connectivity index (χ2v) is 5.28. The fraction of sp³-hybridized carbons (Fsp3) is 0.278. The van der Waals surface area contributed by atoms with Crippen molar-refractivity contribution in [1.29, 1.82) is 0 Å². The molecule has 0 saturated carbocycles. The van der Waals surface area contributed by atoms with Crippen LogP contribution in [0.4, 0.5) is 5.95 Å². The highest BCUT2D eigenvalue weighted by atomic mass is 16.5. The molecule has 4 heteroatoms. The van der Waals surface area contributed by atoms with Gasteiger partial charge in [0.25, 0.3) is 0 Å². The van der Waals surface area contributed by atoms with Gasteiger partial charge in [-0.3, -0.25) is 0 Å². The summed E-state index contributed by atoms with van der Waals surface area (Å²) in [6.07, 6.45) is 1.04. The van der Waals surface area contributed by atoms with Gasteiger partial charge in [-0.2, -0.15) is 0 Å². The van der Waals surface area contributed by atoms with Crippen molar-refractivity contribution in [2.45, 2.75) is 26.5 Å². The Hall–Kier alpha value is -2.33. The zero-order valence-electron chi connectivity index (χ0n) is 12.8. The van der Waals surface area contributed by atoms with E-state index < -0.39 is 0 Å². The summed E-state index contributed by atoms with van der Waals surface area (Å²) in [5.41, 5.74) is 4.48. The van der Waals surface area contributed by atoms with Crippen LogP contribution in [-0.4, -0.2) is 16.6 Å². The zero-order chi connectivity index (χ0) is 15.2. The third-order valence-electron chi connectivity index (χ3n) is 3.56. The van der Waals surface area contributed by atoms with E-state index >= 15 is 0 Å². The second-order valence-electron chi connectivity index (χ2n) is 5.28. The molecule has 0 saturated heterocycles. The van der Waals surface area contributed by atoms with Crippen LogP contribution in [0, 0.1) is 0 Å². The highest BCUT2D eigenvalue weighted by Gasteiger charge is 2.04. The summed E-state index contributed by atoms with van der Waals surface area (Å²) >= 11 is 0. The molecule has 2 aromatic carbocycles. The van der Waals surface area contributed by atoms with E-state index in [2.05, 4.69) is 46.5 Å². The molecule has 1 heterocycles. The van der Waals surface area contributed by atoms with Crippen molar-refractivity contribution in [3.63, 3.8) is 0 Å². The van der Waals surface area contributed by atoms with Gasteiger partial charge in [-0.1, -0.05) is 43.3 Å². The van der Waals surface area contributed by atoms with Crippen molar-refractivity contribution in [3.8, 4) is 0 Å². The SMILES string of the molecule is CCCOCc1ccccc1CNc1nc2ccccc2[nH]1. The van der Waals surface area contributed by atoms with Crippen molar-refractivity contribution < 1.29 is 4.74 Å². The molecule has 4 nitrogen and oxygen atoms in total. The van der Waals surface area contributed by atoms with Crippen LogP contribution in [0.1, 0.15) is 24.5 Å². The van der Waals surface area contributed by atoms with E-state index in [4.69, 9.17) is 4.74 Å². The number of anilines is 1. The number of fused-ring (bicyclic) bond motifs is 1. The van der Waals surface area contributed by atoms with Crippen molar-refractivity contribution in [3.05, 3.63) is 59.7 Å². The van der Waals surface area contributed by atoms with Gasteiger partial charge < -0.3 is 15.0 Å². The molecule has 0 aliphatic carbocycles. The molecule has 0 fully saturated rings. The Labute approximate surface area is 130 Å². The predicted octanol–water partition coefficient (Wildman–Crippen LogP) is 4.10. The first kappa shape index (κ1) is 14.6. The van der Waals surface area contributed by atoms with E-state index in [1.54, 1.807) is 0 Å². The van der Waals surface area contributed by atoms with Crippen LogP contribution in [0.3, 0.4) is 0 Å². The van der Waals surface area contributed by atoms with Gasteiger partial charge >= 0.3 is 0 Å². The molecule has 0 spiro atoms. The smallest absolute Gasteiger partial charge is 0.201 e. The molecule has 0 amide bonds. The van der Waals surface area contributed by atoms with Crippen LogP contribution in [0.2, 0.25) is 0 Å². The lowest BCUT2D eigenvalue weighted by molar-refractivity contribution is 0.121. The van der Waals surface area contributed by atoms with Crippen molar-refractivity contribution >= 4 is 17.0 Å². The maximum absolute atomic E-state index is 5.66. The molecule has 0 aliphatic rings. The fourth-order valence-corrected chi connectivity index (χ4v) is 2.41. The molecule has 0 radical (unpaired) electrons. The monoisotopic (exact) mass is 295 g/mol. The number of nitrogens with zero attached hydrogens (tertiary/aromatic N) is 1. The molecular formula is C18H21N3O. The Morgan fingerprint density at radius 1 is 1.05 bits per heavy atom. The molecule has 3 aromatic rings. The number of para-hydroxylation sites is 2. The number of imidazole rings is 1. The summed E-state index contributed by atoms with van der Waals surface area (Å²) in [5, 5.41) is 3.36. The summed E-state index contributed by atoms with van der Waals surface area (Å²) in [4.78, 5) is 7.82. The maximum atomic E-state index is 5.66. The summed E-state index contributed by atoms with van der Waals surface area (Å²) < 4.78 is 5.66. The molecular weight excluding hydrogens is 274 g/mol. The van der Waals surface area contributed by atoms with Gasteiger partial charge in [-0.25, -0.2) is 4.98 Å². The number of ether oxygens (including phenoxy) is 1. The van der Waals surface area contributed by atoms with Gasteiger partial charge in [0, 0.05) is 13.2 Å². The van der Waals surface area contributed by atoms with Gasteiger partial charge in [0.15, 0.2) is 0 Å². The zero-order valence-corrected chi connectivity index (χ0v) is 12.8. The maximum Gasteiger partial charge on any atom is 0.201 e. The number of hydrogen-bond acceptors (Lipinski definition) is 3. The predicted molar refractivity (Wildman–Crippen MR) is 89.8 cm³/mol. The summed E-state index contributed by atoms with van der Waals surface area (Å²) in [6, 6.07) is 16.4. The topological polar surface area (TPSA) is 49.9 Å². The van der Waals surface area contributed by atoms with Crippen LogP contribution in [0.5, 0.6) is 0 Å². The van der Waals surface area contributed by atoms with E-state index in [1.807, 2.05) is 24.3 Å². The lowest BCUT2D eigenvalue weighted by Crippen LogP contribution is -2.05. The van der Waals surface area contributed by atoms with Gasteiger partial charge in [0.2, 0.25) is 5.95 Å². The minimum atomic E-state index is 0.659. The van der Waals surface area contributed by atoms with Gasteiger partial charge in [-0.15, -0.1) is 0 Å². The molecule has 2 N–H and O–H groups in total. The lowest BCUT2D eigenvalue weighted by atomic mass is 10.1. The van der Waals surface area contributed by atoms with Crippen LogP contribution < -0.4 is 5.32 Å². The molecule has 0 bridgehead atoms. The Kier molecular flexibility index (Phi) is 4.71. The third-order valence-corrected chi connectivity index (χ3v) is 3.56. The number of aromatic nitrogens is 2. The largest absolute Gasteiger partial charge is 0.377 e. The standard InChI is InChI=1S/C18H21N3O/c1-2-11-22-13-15-8-4-3-7-14(15)12-19-18-20-16-9-5-6-10-17(16)21-18/h3-10H,2,11-13H2,1H3,(H2,19,20,21). The Bertz CT molecular complexity index is 703. The molecule has 3 rings (SSSR count). The first-order chi connectivity index (χ1) is 10.9. The number of nitrogens with one attached hydrogen (secondary N) is 2. The van der Waals surface area contributed by atoms with E-state index in [9.17, 15) is 0 Å². The van der Waals surface area contributed by atoms with E-state index in [0.717, 1.165) is 36.6 Å². The second kappa shape index (κ2) is 7.09. The fourth-order valence-electron chi connectivity index (χ4n) is 2.41. The Balaban J connectivity index is 1.67. The minimum absolute atomic E-state index is 0.659. The molecule has 0 unspecified atom stereocenters. The number of H-pyrrole nitrogens is 1. The number of benzene rings is 2. The highest BCUT2D eigenvalue weighted by Crippen LogP contribution is 2.16. The number of rotatable bonds is 7. The first-order valence-electron chi connectivity index (χ1n) is 7.70. The van der Waals surface area contributed by atoms with Crippen LogP contribution in [0.25, 0.3) is 11.0 Å². The van der Waals surface area contributed by atoms with E-state index in [0.29, 0.717) is 6.61 Å². The van der Waals surface area contributed by atoms with Crippen molar-refractivity contribution in [2.75, 3.05) is 11.9 Å². The van der Waals surface area contributed by atoms with Crippen molar-refractivity contribution in [1.82, 2.24) is 9.97 Å². The Morgan fingerprint density at radius 2 is 1.82 bits per heavy atom. The average Bonchev–Trinajstić information content (AvgIpc) is 2.97. The molecule has 1 aromatic heterocycles. The first-order valence-corrected chi connectivity index (χ1v) is 7.70. The highest BCUT2D eigenvalue weighted by molar-refractivity contribution is 5.77. The summed E-state index contributed by atoms with van der Waals surface area (Å²) in [7, 11) is 0. The lowest BCUT2D eigenvalue weighted by Gasteiger charge is -2.10. The van der Waals surface area contributed by atoms with Crippen LogP contribution in [-0.2, 0) is 17.9 Å². The summed E-state index contributed by atoms with van der Waals surface area (Å²) in [5.74, 6) is 0.797. The van der Waals surface area contributed by atoms with Crippen molar-refractivity contribution in [2.24, 2.45) is 0 Å². The molecule has 114 valence electrons. The third kappa shape index (κ3) is 3.46. The molecule has 0 atom stereocenters. The van der Waals surface area contributed by atoms with Gasteiger partial charge in [0.1, 0.15) is 0 Å².